The highest BCUT2D eigenvalue weighted by atomic mass is 32.1. The zero-order valence-electron chi connectivity index (χ0n) is 17.2. The second-order valence-electron chi connectivity index (χ2n) is 7.52. The van der Waals surface area contributed by atoms with Gasteiger partial charge in [-0.15, -0.1) is 16.4 Å². The first-order chi connectivity index (χ1) is 15.6. The molecule has 160 valence electrons. The van der Waals surface area contributed by atoms with E-state index in [0.29, 0.717) is 30.8 Å². The number of nitrogens with zero attached hydrogens (tertiary/aromatic N) is 3. The fourth-order valence-electron chi connectivity index (χ4n) is 3.53. The number of aryl methyl sites for hydroxylation is 1. The van der Waals surface area contributed by atoms with Crippen LogP contribution in [0.5, 0.6) is 0 Å². The van der Waals surface area contributed by atoms with E-state index in [-0.39, 0.29) is 5.91 Å². The monoisotopic (exact) mass is 459 g/mol. The number of thiophene rings is 2. The zero-order valence-corrected chi connectivity index (χ0v) is 18.8. The number of hydrogen-bond donors (Lipinski definition) is 2. The number of nitrogen functional groups attached to an aromatic ring is 1. The number of nitrogens with two attached hydrogens (primary N) is 1. The van der Waals surface area contributed by atoms with Crippen molar-refractivity contribution in [1.29, 1.82) is 0 Å². The Hall–Kier alpha value is -3.49. The summed E-state index contributed by atoms with van der Waals surface area (Å²) < 4.78 is 3.09. The van der Waals surface area contributed by atoms with Gasteiger partial charge in [-0.3, -0.25) is 4.79 Å². The summed E-state index contributed by atoms with van der Waals surface area (Å²) in [5.41, 5.74) is 10.2. The maximum Gasteiger partial charge on any atom is 0.224 e. The Morgan fingerprint density at radius 1 is 1.09 bits per heavy atom. The number of amides is 1. The molecular weight excluding hydrogens is 438 g/mol. The first kappa shape index (κ1) is 20.4. The third-order valence-electron chi connectivity index (χ3n) is 5.17. The summed E-state index contributed by atoms with van der Waals surface area (Å²) in [4.78, 5) is 13.7. The molecule has 6 nitrogen and oxygen atoms in total. The standard InChI is InChI=1S/C24H21N5OS2/c25-21-7-5-16(18-9-10-31-15-18)12-22(21)26-24(30)8-6-19-13-29(28-27-19)14-20-11-17-3-1-2-4-23(17)32-20/h1-5,7,9-13,15H,6,8,14,25H2,(H,26,30). The molecule has 0 unspecified atom stereocenters. The van der Waals surface area contributed by atoms with Gasteiger partial charge in [-0.1, -0.05) is 29.5 Å². The van der Waals surface area contributed by atoms with Gasteiger partial charge in [-0.05, 0) is 57.6 Å². The van der Waals surface area contributed by atoms with E-state index in [9.17, 15) is 4.79 Å². The third kappa shape index (κ3) is 4.56. The summed E-state index contributed by atoms with van der Waals surface area (Å²) in [6.45, 7) is 0.671. The summed E-state index contributed by atoms with van der Waals surface area (Å²) in [6.07, 6.45) is 2.73. The Morgan fingerprint density at radius 3 is 2.84 bits per heavy atom. The van der Waals surface area contributed by atoms with Crippen LogP contribution < -0.4 is 11.1 Å². The molecule has 3 aromatic heterocycles. The van der Waals surface area contributed by atoms with Gasteiger partial charge in [0, 0.05) is 28.6 Å². The smallest absolute Gasteiger partial charge is 0.224 e. The molecule has 1 amide bonds. The lowest BCUT2D eigenvalue weighted by molar-refractivity contribution is -0.116. The SMILES string of the molecule is Nc1ccc(-c2ccsc2)cc1NC(=O)CCc1cn(Cc2cc3ccccc3s2)nn1. The first-order valence-electron chi connectivity index (χ1n) is 10.2. The van der Waals surface area contributed by atoms with Crippen LogP contribution in [0, 0.1) is 0 Å². The average molecular weight is 460 g/mol. The Morgan fingerprint density at radius 2 is 2.00 bits per heavy atom. The topological polar surface area (TPSA) is 85.8 Å². The summed E-state index contributed by atoms with van der Waals surface area (Å²) >= 11 is 3.39. The van der Waals surface area contributed by atoms with Crippen LogP contribution >= 0.6 is 22.7 Å². The molecule has 3 heterocycles. The number of carbonyl (C=O) groups excluding carboxylic acids is 1. The Balaban J connectivity index is 1.19. The van der Waals surface area contributed by atoms with Crippen LogP contribution in [0.3, 0.4) is 0 Å². The van der Waals surface area contributed by atoms with Crippen LogP contribution in [0.4, 0.5) is 11.4 Å². The highest BCUT2D eigenvalue weighted by molar-refractivity contribution is 7.19. The number of hydrogen-bond acceptors (Lipinski definition) is 6. The van der Waals surface area contributed by atoms with Crippen molar-refractivity contribution in [2.45, 2.75) is 19.4 Å². The minimum absolute atomic E-state index is 0.0989. The molecule has 0 fully saturated rings. The van der Waals surface area contributed by atoms with Crippen molar-refractivity contribution in [3.8, 4) is 11.1 Å². The largest absolute Gasteiger partial charge is 0.397 e. The van der Waals surface area contributed by atoms with E-state index in [4.69, 9.17) is 5.73 Å². The van der Waals surface area contributed by atoms with Crippen LogP contribution in [0.2, 0.25) is 0 Å². The number of aromatic nitrogens is 3. The van der Waals surface area contributed by atoms with E-state index in [0.717, 1.165) is 16.8 Å². The van der Waals surface area contributed by atoms with Gasteiger partial charge in [0.25, 0.3) is 0 Å². The maximum absolute atomic E-state index is 12.5. The summed E-state index contributed by atoms with van der Waals surface area (Å²) in [6, 6.07) is 18.3. The van der Waals surface area contributed by atoms with Gasteiger partial charge in [0.2, 0.25) is 5.91 Å². The molecule has 0 aliphatic carbocycles. The Kier molecular flexibility index (Phi) is 5.70. The lowest BCUT2D eigenvalue weighted by Gasteiger charge is -2.10. The number of rotatable bonds is 7. The summed E-state index contributed by atoms with van der Waals surface area (Å²) in [5, 5.41) is 16.7. The van der Waals surface area contributed by atoms with Crippen molar-refractivity contribution in [2.75, 3.05) is 11.1 Å². The molecule has 0 atom stereocenters. The normalized spacial score (nSPS) is 11.1. The fraction of sp³-hybridized carbons (Fsp3) is 0.125. The average Bonchev–Trinajstić information content (AvgIpc) is 3.55. The molecule has 32 heavy (non-hydrogen) atoms. The number of nitrogens with one attached hydrogen (secondary N) is 1. The molecule has 0 saturated carbocycles. The molecule has 0 radical (unpaired) electrons. The molecule has 3 N–H and O–H groups in total. The van der Waals surface area contributed by atoms with E-state index in [2.05, 4.69) is 39.2 Å². The lowest BCUT2D eigenvalue weighted by atomic mass is 10.1. The molecule has 5 aromatic rings. The van der Waals surface area contributed by atoms with Gasteiger partial charge in [-0.25, -0.2) is 4.68 Å². The molecule has 8 heteroatoms. The van der Waals surface area contributed by atoms with Crippen LogP contribution in [0.1, 0.15) is 17.0 Å². The zero-order chi connectivity index (χ0) is 21.9. The van der Waals surface area contributed by atoms with E-state index >= 15 is 0 Å². The van der Waals surface area contributed by atoms with Gasteiger partial charge in [0.15, 0.2) is 0 Å². The van der Waals surface area contributed by atoms with E-state index in [1.54, 1.807) is 22.7 Å². The van der Waals surface area contributed by atoms with Crippen molar-refractivity contribution < 1.29 is 4.79 Å². The highest BCUT2D eigenvalue weighted by Gasteiger charge is 2.10. The quantitative estimate of drug-likeness (QED) is 0.318. The number of anilines is 2. The maximum atomic E-state index is 12.5. The third-order valence-corrected chi connectivity index (χ3v) is 6.95. The molecule has 5 rings (SSSR count). The molecule has 0 saturated heterocycles. The summed E-state index contributed by atoms with van der Waals surface area (Å²) in [5.74, 6) is -0.0989. The van der Waals surface area contributed by atoms with Gasteiger partial charge in [0.05, 0.1) is 23.6 Å². The van der Waals surface area contributed by atoms with Gasteiger partial charge >= 0.3 is 0 Å². The minimum atomic E-state index is -0.0989. The first-order valence-corrected chi connectivity index (χ1v) is 12.0. The second-order valence-corrected chi connectivity index (χ2v) is 9.47. The van der Waals surface area contributed by atoms with Gasteiger partial charge < -0.3 is 11.1 Å². The Labute approximate surface area is 193 Å². The molecular formula is C24H21N5OS2. The Bertz CT molecular complexity index is 1340. The molecule has 2 aromatic carbocycles. The van der Waals surface area contributed by atoms with E-state index in [1.807, 2.05) is 52.7 Å². The van der Waals surface area contributed by atoms with Crippen LogP contribution in [-0.4, -0.2) is 20.9 Å². The minimum Gasteiger partial charge on any atom is -0.397 e. The number of fused-ring (bicyclic) bond motifs is 1. The predicted octanol–water partition coefficient (Wildman–Crippen LogP) is 5.42. The van der Waals surface area contributed by atoms with Crippen molar-refractivity contribution in [1.82, 2.24) is 15.0 Å². The van der Waals surface area contributed by atoms with E-state index < -0.39 is 0 Å². The van der Waals surface area contributed by atoms with Crippen molar-refractivity contribution in [2.24, 2.45) is 0 Å². The fourth-order valence-corrected chi connectivity index (χ4v) is 5.25. The molecule has 0 spiro atoms. The van der Waals surface area contributed by atoms with Crippen molar-refractivity contribution in [3.05, 3.63) is 82.1 Å². The molecule has 0 aliphatic rings. The van der Waals surface area contributed by atoms with Crippen molar-refractivity contribution >= 4 is 50.0 Å². The van der Waals surface area contributed by atoms with Crippen LogP contribution in [0.15, 0.2) is 71.6 Å². The summed E-state index contributed by atoms with van der Waals surface area (Å²) in [7, 11) is 0. The van der Waals surface area contributed by atoms with Gasteiger partial charge in [-0.2, -0.15) is 11.3 Å². The van der Waals surface area contributed by atoms with E-state index in [1.165, 1.54) is 15.0 Å². The number of benzene rings is 2. The second kappa shape index (κ2) is 8.94. The van der Waals surface area contributed by atoms with Crippen molar-refractivity contribution in [3.63, 3.8) is 0 Å². The van der Waals surface area contributed by atoms with Crippen LogP contribution in [0.25, 0.3) is 21.2 Å². The predicted molar refractivity (Wildman–Crippen MR) is 132 cm³/mol. The van der Waals surface area contributed by atoms with Gasteiger partial charge in [0.1, 0.15) is 0 Å². The molecule has 0 bridgehead atoms. The lowest BCUT2D eigenvalue weighted by Crippen LogP contribution is -2.13. The highest BCUT2D eigenvalue weighted by Crippen LogP contribution is 2.29. The van der Waals surface area contributed by atoms with Crippen LogP contribution in [-0.2, 0) is 17.8 Å². The molecule has 0 aliphatic heterocycles. The number of carbonyl (C=O) groups is 1.